The number of ether oxygens (including phenoxy) is 3. The number of hydrogen-bond acceptors (Lipinski definition) is 4. The van der Waals surface area contributed by atoms with Crippen LogP contribution in [0.3, 0.4) is 0 Å². The maximum absolute atomic E-state index is 5.70. The van der Waals surface area contributed by atoms with Gasteiger partial charge in [-0.2, -0.15) is 4.57 Å². The molecule has 5 rings (SSSR count). The van der Waals surface area contributed by atoms with E-state index in [-0.39, 0.29) is 0 Å². The van der Waals surface area contributed by atoms with Crippen LogP contribution in [0.4, 0.5) is 5.69 Å². The second kappa shape index (κ2) is 8.42. The summed E-state index contributed by atoms with van der Waals surface area (Å²) in [7, 11) is 5.08. The molecule has 5 nitrogen and oxygen atoms in total. The molecular formula is C27H27N2O3+. The molecule has 5 heteroatoms. The fourth-order valence-electron chi connectivity index (χ4n) is 4.50. The molecular weight excluding hydrogens is 400 g/mol. The van der Waals surface area contributed by atoms with Crippen molar-refractivity contribution in [1.82, 2.24) is 0 Å². The lowest BCUT2D eigenvalue weighted by atomic mass is 9.95. The Hall–Kier alpha value is -3.73. The molecule has 1 aliphatic rings. The number of pyridine rings is 1. The van der Waals surface area contributed by atoms with Gasteiger partial charge in [-0.05, 0) is 34.7 Å². The van der Waals surface area contributed by atoms with Gasteiger partial charge >= 0.3 is 0 Å². The van der Waals surface area contributed by atoms with Gasteiger partial charge in [0, 0.05) is 19.0 Å². The normalized spacial score (nSPS) is 12.1. The lowest BCUT2D eigenvalue weighted by Gasteiger charge is -2.19. The average molecular weight is 428 g/mol. The molecule has 0 amide bonds. The van der Waals surface area contributed by atoms with Crippen LogP contribution in [0.1, 0.15) is 11.1 Å². The monoisotopic (exact) mass is 427 g/mol. The Morgan fingerprint density at radius 3 is 2.34 bits per heavy atom. The van der Waals surface area contributed by atoms with Crippen molar-refractivity contribution in [2.45, 2.75) is 19.5 Å². The number of nitrogens with zero attached hydrogens (tertiary/aromatic N) is 1. The predicted molar refractivity (Wildman–Crippen MR) is 127 cm³/mol. The van der Waals surface area contributed by atoms with Crippen LogP contribution in [0, 0.1) is 0 Å². The molecule has 0 unspecified atom stereocenters. The number of anilines is 1. The Morgan fingerprint density at radius 1 is 0.844 bits per heavy atom. The molecule has 1 aliphatic heterocycles. The summed E-state index contributed by atoms with van der Waals surface area (Å²) in [5.41, 5.74) is 5.89. The van der Waals surface area contributed by atoms with Gasteiger partial charge in [0.25, 0.3) is 0 Å². The van der Waals surface area contributed by atoms with Gasteiger partial charge in [0.2, 0.25) is 5.69 Å². The van der Waals surface area contributed by atoms with E-state index in [9.17, 15) is 0 Å². The van der Waals surface area contributed by atoms with Crippen molar-refractivity contribution >= 4 is 16.5 Å². The molecule has 0 bridgehead atoms. The zero-order valence-electron chi connectivity index (χ0n) is 18.6. The SMILES string of the molecule is COc1cc2c(cc1OC)-c1cc3ccc(OC)c(NCc4ccccc4)c3c[n+]1CC2. The Bertz CT molecular complexity index is 1290. The number of benzene rings is 3. The summed E-state index contributed by atoms with van der Waals surface area (Å²) < 4.78 is 19.1. The van der Waals surface area contributed by atoms with E-state index >= 15 is 0 Å². The van der Waals surface area contributed by atoms with E-state index in [1.54, 1.807) is 21.3 Å². The van der Waals surface area contributed by atoms with Crippen molar-refractivity contribution < 1.29 is 18.8 Å². The van der Waals surface area contributed by atoms with Crippen molar-refractivity contribution in [2.75, 3.05) is 26.6 Å². The standard InChI is InChI=1S/C27H26N2O3/c1-30-24-10-9-19-13-23-21-15-26(32-3)25(31-2)14-20(21)11-12-29(23)17-22(19)27(24)28-16-18-7-5-4-6-8-18/h4-10,13-15,17H,11-12,16H2,1-3H3/p+1. The molecule has 0 saturated heterocycles. The lowest BCUT2D eigenvalue weighted by molar-refractivity contribution is -0.686. The molecule has 162 valence electrons. The molecule has 1 aromatic heterocycles. The minimum Gasteiger partial charge on any atom is -0.495 e. The summed E-state index contributed by atoms with van der Waals surface area (Å²) in [5, 5.41) is 5.92. The number of hydrogen-bond donors (Lipinski definition) is 1. The first-order chi connectivity index (χ1) is 15.7. The average Bonchev–Trinajstić information content (AvgIpc) is 2.85. The Labute approximate surface area is 188 Å². The number of aryl methyl sites for hydroxylation is 2. The molecule has 0 fully saturated rings. The summed E-state index contributed by atoms with van der Waals surface area (Å²) in [6.45, 7) is 1.64. The molecule has 1 N–H and O–H groups in total. The summed E-state index contributed by atoms with van der Waals surface area (Å²) in [6, 6.07) is 21.0. The number of nitrogens with one attached hydrogen (secondary N) is 1. The zero-order valence-corrected chi connectivity index (χ0v) is 18.6. The Balaban J connectivity index is 1.61. The van der Waals surface area contributed by atoms with Crippen LogP contribution >= 0.6 is 0 Å². The highest BCUT2D eigenvalue weighted by Crippen LogP contribution is 2.39. The summed E-state index contributed by atoms with van der Waals surface area (Å²) in [6.07, 6.45) is 3.18. The Morgan fingerprint density at radius 2 is 1.59 bits per heavy atom. The predicted octanol–water partition coefficient (Wildman–Crippen LogP) is 4.99. The maximum Gasteiger partial charge on any atom is 0.213 e. The third-order valence-corrected chi connectivity index (χ3v) is 6.17. The Kier molecular flexibility index (Phi) is 5.31. The van der Waals surface area contributed by atoms with E-state index < -0.39 is 0 Å². The van der Waals surface area contributed by atoms with Crippen LogP contribution in [0.2, 0.25) is 0 Å². The van der Waals surface area contributed by atoms with Crippen molar-refractivity contribution in [2.24, 2.45) is 0 Å². The van der Waals surface area contributed by atoms with Crippen molar-refractivity contribution in [1.29, 1.82) is 0 Å². The van der Waals surface area contributed by atoms with Gasteiger partial charge in [0.05, 0.1) is 38.0 Å². The highest BCUT2D eigenvalue weighted by atomic mass is 16.5. The van der Waals surface area contributed by atoms with Crippen LogP contribution in [0.15, 0.2) is 66.9 Å². The van der Waals surface area contributed by atoms with Gasteiger partial charge in [0.15, 0.2) is 24.2 Å². The quantitative estimate of drug-likeness (QED) is 0.441. The van der Waals surface area contributed by atoms with Crippen molar-refractivity contribution in [3.8, 4) is 28.5 Å². The number of fused-ring (bicyclic) bond motifs is 4. The fraction of sp³-hybridized carbons (Fsp3) is 0.222. The molecule has 2 heterocycles. The van der Waals surface area contributed by atoms with E-state index in [2.05, 4.69) is 64.6 Å². The highest BCUT2D eigenvalue weighted by Gasteiger charge is 2.27. The van der Waals surface area contributed by atoms with Crippen LogP contribution in [-0.4, -0.2) is 21.3 Å². The van der Waals surface area contributed by atoms with Crippen LogP contribution in [-0.2, 0) is 19.5 Å². The zero-order chi connectivity index (χ0) is 22.1. The summed E-state index contributed by atoms with van der Waals surface area (Å²) >= 11 is 0. The van der Waals surface area contributed by atoms with E-state index in [4.69, 9.17) is 14.2 Å². The first-order valence-electron chi connectivity index (χ1n) is 10.8. The van der Waals surface area contributed by atoms with Gasteiger partial charge in [-0.1, -0.05) is 36.4 Å². The molecule has 0 atom stereocenters. The van der Waals surface area contributed by atoms with E-state index in [1.165, 1.54) is 22.4 Å². The number of aromatic nitrogens is 1. The van der Waals surface area contributed by atoms with E-state index in [1.807, 2.05) is 12.1 Å². The first kappa shape index (κ1) is 20.2. The molecule has 0 radical (unpaired) electrons. The second-order valence-corrected chi connectivity index (χ2v) is 7.95. The third-order valence-electron chi connectivity index (χ3n) is 6.17. The van der Waals surface area contributed by atoms with Crippen molar-refractivity contribution in [3.05, 3.63) is 78.0 Å². The lowest BCUT2D eigenvalue weighted by Crippen LogP contribution is -2.40. The van der Waals surface area contributed by atoms with Gasteiger partial charge in [-0.25, -0.2) is 0 Å². The second-order valence-electron chi connectivity index (χ2n) is 7.95. The molecule has 0 saturated carbocycles. The minimum atomic E-state index is 0.734. The van der Waals surface area contributed by atoms with Crippen LogP contribution in [0.5, 0.6) is 17.2 Å². The van der Waals surface area contributed by atoms with Crippen LogP contribution in [0.25, 0.3) is 22.0 Å². The van der Waals surface area contributed by atoms with E-state index in [0.717, 1.165) is 53.2 Å². The van der Waals surface area contributed by atoms with Crippen molar-refractivity contribution in [3.63, 3.8) is 0 Å². The summed E-state index contributed by atoms with van der Waals surface area (Å²) in [5.74, 6) is 2.37. The van der Waals surface area contributed by atoms with Gasteiger partial charge in [-0.3, -0.25) is 0 Å². The van der Waals surface area contributed by atoms with Crippen LogP contribution < -0.4 is 24.1 Å². The van der Waals surface area contributed by atoms with Gasteiger partial charge in [0.1, 0.15) is 5.75 Å². The molecule has 4 aromatic rings. The van der Waals surface area contributed by atoms with E-state index in [0.29, 0.717) is 0 Å². The number of methoxy groups -OCH3 is 3. The molecule has 0 spiro atoms. The smallest absolute Gasteiger partial charge is 0.213 e. The van der Waals surface area contributed by atoms with Gasteiger partial charge in [-0.15, -0.1) is 0 Å². The minimum absolute atomic E-state index is 0.734. The third kappa shape index (κ3) is 3.50. The number of rotatable bonds is 6. The van der Waals surface area contributed by atoms with Gasteiger partial charge < -0.3 is 19.5 Å². The molecule has 3 aromatic carbocycles. The maximum atomic E-state index is 5.70. The fourth-order valence-corrected chi connectivity index (χ4v) is 4.50. The molecule has 32 heavy (non-hydrogen) atoms. The molecule has 0 aliphatic carbocycles. The topological polar surface area (TPSA) is 43.6 Å². The highest BCUT2D eigenvalue weighted by molar-refractivity contribution is 5.97. The first-order valence-corrected chi connectivity index (χ1v) is 10.8. The largest absolute Gasteiger partial charge is 0.495 e. The summed E-state index contributed by atoms with van der Waals surface area (Å²) in [4.78, 5) is 0.